The van der Waals surface area contributed by atoms with Gasteiger partial charge in [-0.05, 0) is 230 Å². The molecule has 0 unspecified atom stereocenters. The molecule has 113 heavy (non-hydrogen) atoms. The van der Waals surface area contributed by atoms with E-state index in [2.05, 4.69) is 408 Å². The predicted octanol–water partition coefficient (Wildman–Crippen LogP) is 30.0. The van der Waals surface area contributed by atoms with Crippen LogP contribution in [0, 0.1) is 0 Å². The van der Waals surface area contributed by atoms with E-state index in [9.17, 15) is 5.48 Å². The number of hydrogen-bond donors (Lipinski definition) is 0. The Kier molecular flexibility index (Phi) is 18.7. The summed E-state index contributed by atoms with van der Waals surface area (Å²) in [7, 11) is 0. The molecule has 3 heteroatoms. The summed E-state index contributed by atoms with van der Waals surface area (Å²) in [4.78, 5) is 5.33. The summed E-state index contributed by atoms with van der Waals surface area (Å²) in [5.74, 6) is 0. The molecule has 0 atom stereocenters. The maximum atomic E-state index is 9.85. The monoisotopic (exact) mass is 1500 g/mol. The van der Waals surface area contributed by atoms with Crippen molar-refractivity contribution in [3.63, 3.8) is 0 Å². The summed E-state index contributed by atoms with van der Waals surface area (Å²) in [6.45, 7) is 76.7. The average molecular weight is 1500 g/mol. The van der Waals surface area contributed by atoms with Crippen molar-refractivity contribution in [3.05, 3.63) is 267 Å². The molecule has 2 heterocycles. The Labute approximate surface area is 691 Å². The highest BCUT2D eigenvalue weighted by Gasteiger charge is 2.47. The van der Waals surface area contributed by atoms with Gasteiger partial charge in [0.15, 0.2) is 0 Å². The van der Waals surface area contributed by atoms with Crippen LogP contribution in [0.15, 0.2) is 206 Å². The van der Waals surface area contributed by atoms with Crippen LogP contribution in [-0.2, 0) is 59.6 Å². The molecule has 0 fully saturated rings. The first-order valence-corrected chi connectivity index (χ1v) is 41.7. The van der Waals surface area contributed by atoms with E-state index in [4.69, 9.17) is 1.37 Å². The van der Waals surface area contributed by atoms with Gasteiger partial charge in [0.2, 0.25) is 0 Å². The van der Waals surface area contributed by atoms with Crippen molar-refractivity contribution in [2.24, 2.45) is 0 Å². The molecule has 0 saturated carbocycles. The van der Waals surface area contributed by atoms with E-state index >= 15 is 0 Å². The minimum absolute atomic E-state index is 0.110. The number of rotatable bonds is 8. The number of fused-ring (bicyclic) bond motifs is 4. The van der Waals surface area contributed by atoms with Crippen LogP contribution in [0.4, 0.5) is 34.1 Å². The Morgan fingerprint density at radius 3 is 0.876 bits per heavy atom. The maximum absolute atomic E-state index is 9.85. The summed E-state index contributed by atoms with van der Waals surface area (Å²) < 4.78 is 47.3. The van der Waals surface area contributed by atoms with E-state index in [1.54, 1.807) is 0 Å². The van der Waals surface area contributed by atoms with Crippen molar-refractivity contribution in [2.45, 2.75) is 288 Å². The zero-order valence-corrected chi connectivity index (χ0v) is 75.2. The molecule has 2 aliphatic heterocycles. The van der Waals surface area contributed by atoms with Gasteiger partial charge in [-0.15, -0.1) is 0 Å². The second-order valence-electron chi connectivity index (χ2n) is 44.7. The van der Waals surface area contributed by atoms with E-state index in [1.165, 1.54) is 61.2 Å². The lowest BCUT2D eigenvalue weighted by atomic mass is 9.33. The molecule has 11 aromatic rings. The lowest BCUT2D eigenvalue weighted by Gasteiger charge is -2.47. The first-order chi connectivity index (χ1) is 54.0. The summed E-state index contributed by atoms with van der Waals surface area (Å²) in [5.41, 5.74) is 32.2. The summed E-state index contributed by atoms with van der Waals surface area (Å²) in [5, 5.41) is 0. The molecule has 2 aliphatic rings. The van der Waals surface area contributed by atoms with Crippen molar-refractivity contribution in [1.29, 1.82) is 0 Å². The predicted molar refractivity (Wildman–Crippen MR) is 499 cm³/mol. The van der Waals surface area contributed by atoms with E-state index in [1.807, 2.05) is 6.07 Å². The van der Waals surface area contributed by atoms with E-state index in [-0.39, 0.29) is 83.9 Å². The summed E-state index contributed by atoms with van der Waals surface area (Å²) in [6.07, 6.45) is 0. The third-order valence-electron chi connectivity index (χ3n) is 24.2. The third kappa shape index (κ3) is 16.1. The van der Waals surface area contributed by atoms with Gasteiger partial charge in [0.25, 0.3) is 6.71 Å². The lowest BCUT2D eigenvalue weighted by Crippen LogP contribution is -2.61. The van der Waals surface area contributed by atoms with Crippen LogP contribution >= 0.6 is 0 Å². The highest BCUT2D eigenvalue weighted by atomic mass is 15.2. The van der Waals surface area contributed by atoms with E-state index in [0.717, 1.165) is 106 Å². The van der Waals surface area contributed by atoms with Crippen LogP contribution in [0.3, 0.4) is 0 Å². The van der Waals surface area contributed by atoms with Gasteiger partial charge in [-0.1, -0.05) is 386 Å². The van der Waals surface area contributed by atoms with Crippen molar-refractivity contribution in [2.75, 3.05) is 9.80 Å². The SMILES string of the molecule is [2H]c1c([2H])c([2H])c(-c2ccc3c(c2)N(c2c(-c4ccc(C(C)(C)C)cc4)cc(C(C)(C)C)cc2-c2cc(C(C)(C)C)cc(C(C)(C)C)c2)c2cc(C(C)(C)C)cc4c2B3c2ccc(-c3cc(C(C)(C)C)cc(C(C)(C)C)c3)cc2N4c2c(-c3ccc(C(C)(C)C)cc3)cc(C(C)(C)C)cc2-c2ccc(C(C)(C)C)cc2C(C)(C)C)c([2H])c1[2H]. The molecular formula is C110H133BN2. The molecular weight excluding hydrogens is 1360 g/mol. The molecule has 0 N–H and O–H groups in total. The summed E-state index contributed by atoms with van der Waals surface area (Å²) in [6, 6.07) is 68.2. The Morgan fingerprint density at radius 1 is 0.212 bits per heavy atom. The molecule has 0 aliphatic carbocycles. The minimum Gasteiger partial charge on any atom is -0.310 e. The van der Waals surface area contributed by atoms with E-state index < -0.39 is 18.2 Å². The third-order valence-corrected chi connectivity index (χ3v) is 24.2. The fourth-order valence-corrected chi connectivity index (χ4v) is 16.6. The van der Waals surface area contributed by atoms with Crippen LogP contribution < -0.4 is 26.2 Å². The molecule has 0 saturated heterocycles. The second kappa shape index (κ2) is 27.9. The maximum Gasteiger partial charge on any atom is 0.252 e. The largest absolute Gasteiger partial charge is 0.310 e. The molecule has 0 aromatic heterocycles. The Morgan fingerprint density at radius 2 is 0.513 bits per heavy atom. The van der Waals surface area contributed by atoms with Gasteiger partial charge in [0.1, 0.15) is 0 Å². The molecule has 2 nitrogen and oxygen atoms in total. The standard InChI is InChI=1S/C110H133BN2/c1-100(2,3)75-45-39-69(40-46-75)86-61-82(107(22,23)24)63-88(74-55-80(105(16,17)18)60-81(56-74)106(19,20)21)98(86)112-93-57-71(68-37-35-34-36-38-68)43-51-91(93)111-92-52-44-72(73-53-78(103(10,11)12)59-79(54-73)104(13,14)15)58-94(92)113(96-67-84(109(28,29)30)66-95(112)97(96)111)99-87(70-41-47-76(48-42-70)101(4,5)6)62-83(108(25,26)27)64-89(99)85-50-49-77(102(7,8)9)65-90(85)110(31,32)33/h34-67H,1-33H3/i34D,35D,36D,37D,38D. The number of anilines is 6. The molecule has 13 rings (SSSR count). The van der Waals surface area contributed by atoms with Gasteiger partial charge >= 0.3 is 0 Å². The number of nitrogens with zero attached hydrogens (tertiary/aromatic N) is 2. The second-order valence-corrected chi connectivity index (χ2v) is 44.7. The normalized spacial score (nSPS) is 14.6. The van der Waals surface area contributed by atoms with Crippen molar-refractivity contribution in [3.8, 4) is 66.8 Å². The van der Waals surface area contributed by atoms with Crippen LogP contribution in [0.2, 0.25) is 0 Å². The Hall–Kier alpha value is -8.92. The lowest BCUT2D eigenvalue weighted by molar-refractivity contribution is 0.568. The Balaban J connectivity index is 1.33. The fourth-order valence-electron chi connectivity index (χ4n) is 16.6. The highest BCUT2D eigenvalue weighted by Crippen LogP contribution is 2.57. The first-order valence-electron chi connectivity index (χ1n) is 44.2. The Bertz CT molecular complexity index is 5720. The van der Waals surface area contributed by atoms with Crippen LogP contribution in [0.1, 0.15) is 297 Å². The van der Waals surface area contributed by atoms with Crippen LogP contribution in [0.5, 0.6) is 0 Å². The summed E-state index contributed by atoms with van der Waals surface area (Å²) >= 11 is 0. The molecule has 0 amide bonds. The van der Waals surface area contributed by atoms with E-state index in [0.29, 0.717) is 5.56 Å². The topological polar surface area (TPSA) is 6.48 Å². The fraction of sp³-hybridized carbons (Fsp3) is 0.400. The highest BCUT2D eigenvalue weighted by molar-refractivity contribution is 7.00. The van der Waals surface area contributed by atoms with Crippen LogP contribution in [0.25, 0.3) is 66.8 Å². The zero-order valence-electron chi connectivity index (χ0n) is 80.2. The smallest absolute Gasteiger partial charge is 0.252 e. The van der Waals surface area contributed by atoms with Gasteiger partial charge < -0.3 is 9.80 Å². The molecule has 0 radical (unpaired) electrons. The molecule has 11 aromatic carbocycles. The van der Waals surface area contributed by atoms with Gasteiger partial charge in [-0.2, -0.15) is 0 Å². The minimum atomic E-state index is -0.466. The van der Waals surface area contributed by atoms with Crippen molar-refractivity contribution < 1.29 is 6.85 Å². The van der Waals surface area contributed by atoms with Gasteiger partial charge in [-0.3, -0.25) is 0 Å². The molecule has 586 valence electrons. The number of hydrogen-bond acceptors (Lipinski definition) is 2. The van der Waals surface area contributed by atoms with Crippen LogP contribution in [-0.4, -0.2) is 6.71 Å². The molecule has 0 bridgehead atoms. The van der Waals surface area contributed by atoms with Crippen molar-refractivity contribution >= 4 is 57.2 Å². The van der Waals surface area contributed by atoms with Gasteiger partial charge in [-0.25, -0.2) is 0 Å². The zero-order chi connectivity index (χ0) is 87.1. The molecule has 0 spiro atoms. The van der Waals surface area contributed by atoms with Gasteiger partial charge in [0, 0.05) is 45.0 Å². The quantitative estimate of drug-likeness (QED) is 0.140. The van der Waals surface area contributed by atoms with Gasteiger partial charge in [0.05, 0.1) is 18.2 Å². The van der Waals surface area contributed by atoms with Crippen molar-refractivity contribution in [1.82, 2.24) is 0 Å². The first kappa shape index (κ1) is 75.4. The average Bonchev–Trinajstić information content (AvgIpc) is 0.683. The number of benzene rings is 11.